The van der Waals surface area contributed by atoms with Gasteiger partial charge in [0.25, 0.3) is 0 Å². The molecular formula is C26H28N6OS. The van der Waals surface area contributed by atoms with Gasteiger partial charge in [-0.05, 0) is 29.5 Å². The number of hydrogen-bond acceptors (Lipinski definition) is 6. The van der Waals surface area contributed by atoms with E-state index in [-0.39, 0.29) is 17.3 Å². The van der Waals surface area contributed by atoms with Gasteiger partial charge in [-0.25, -0.2) is 9.97 Å². The van der Waals surface area contributed by atoms with Crippen molar-refractivity contribution in [1.82, 2.24) is 24.7 Å². The van der Waals surface area contributed by atoms with E-state index in [4.69, 9.17) is 0 Å². The highest BCUT2D eigenvalue weighted by atomic mass is 32.2. The fourth-order valence-electron chi connectivity index (χ4n) is 3.40. The Morgan fingerprint density at radius 2 is 1.65 bits per heavy atom. The van der Waals surface area contributed by atoms with Crippen molar-refractivity contribution in [3.05, 3.63) is 84.2 Å². The topological polar surface area (TPSA) is 85.6 Å². The number of nitrogens with one attached hydrogen (secondary N) is 1. The summed E-state index contributed by atoms with van der Waals surface area (Å²) in [5, 5.41) is 12.0. The molecular weight excluding hydrogens is 444 g/mol. The van der Waals surface area contributed by atoms with Gasteiger partial charge < -0.3 is 0 Å². The summed E-state index contributed by atoms with van der Waals surface area (Å²) in [5.41, 5.74) is 3.45. The van der Waals surface area contributed by atoms with Crippen LogP contribution in [-0.4, -0.2) is 35.9 Å². The molecule has 0 aliphatic carbocycles. The zero-order valence-electron chi connectivity index (χ0n) is 19.8. The maximum absolute atomic E-state index is 12.7. The fraction of sp³-hybridized carbons (Fsp3) is 0.269. The molecule has 8 heteroatoms. The third kappa shape index (κ3) is 5.69. The second-order valence-corrected chi connectivity index (χ2v) is 10.3. The van der Waals surface area contributed by atoms with Gasteiger partial charge in [0.2, 0.25) is 11.9 Å². The molecule has 1 amide bonds. The molecule has 2 aromatic carbocycles. The molecule has 174 valence electrons. The number of benzene rings is 2. The van der Waals surface area contributed by atoms with E-state index < -0.39 is 5.25 Å². The average Bonchev–Trinajstić information content (AvgIpc) is 3.21. The Morgan fingerprint density at radius 3 is 2.29 bits per heavy atom. The molecule has 0 spiro atoms. The average molecular weight is 473 g/mol. The number of hydrogen-bond donors (Lipinski definition) is 1. The Bertz CT molecular complexity index is 1230. The minimum absolute atomic E-state index is 0.0719. The second kappa shape index (κ2) is 10.2. The molecule has 0 fully saturated rings. The van der Waals surface area contributed by atoms with Gasteiger partial charge in [0.1, 0.15) is 0 Å². The van der Waals surface area contributed by atoms with Gasteiger partial charge in [0, 0.05) is 18.0 Å². The van der Waals surface area contributed by atoms with Crippen LogP contribution in [-0.2, 0) is 16.8 Å². The van der Waals surface area contributed by atoms with Crippen LogP contribution in [0, 0.1) is 0 Å². The van der Waals surface area contributed by atoms with Gasteiger partial charge in [-0.15, -0.1) is 10.2 Å². The highest BCUT2D eigenvalue weighted by Gasteiger charge is 2.22. The summed E-state index contributed by atoms with van der Waals surface area (Å²) in [5.74, 6) is 0.859. The van der Waals surface area contributed by atoms with E-state index in [1.807, 2.05) is 25.1 Å². The van der Waals surface area contributed by atoms with Crippen LogP contribution in [0.3, 0.4) is 0 Å². The first kappa shape index (κ1) is 23.6. The molecule has 34 heavy (non-hydrogen) atoms. The molecule has 0 radical (unpaired) electrons. The largest absolute Gasteiger partial charge is 0.298 e. The van der Waals surface area contributed by atoms with Crippen LogP contribution in [0.4, 0.5) is 5.95 Å². The maximum atomic E-state index is 12.7. The van der Waals surface area contributed by atoms with Crippen LogP contribution in [0.1, 0.15) is 38.8 Å². The van der Waals surface area contributed by atoms with Crippen LogP contribution in [0.15, 0.2) is 78.2 Å². The standard InChI is InChI=1S/C26H28N6OS/c1-18(23(33)29-24-27-15-8-16-28-24)34-25-31-30-22(32(25)17-19-9-6-5-7-10-19)20-11-13-21(14-12-20)26(2,3)4/h5-16,18H,17H2,1-4H3,(H,27,28,29,33). The zero-order chi connectivity index (χ0) is 24.1. The van der Waals surface area contributed by atoms with Crippen molar-refractivity contribution in [2.75, 3.05) is 5.32 Å². The molecule has 2 aromatic heterocycles. The number of amides is 1. The third-order valence-corrected chi connectivity index (χ3v) is 6.44. The summed E-state index contributed by atoms with van der Waals surface area (Å²) in [6.07, 6.45) is 3.18. The highest BCUT2D eigenvalue weighted by Crippen LogP contribution is 2.30. The van der Waals surface area contributed by atoms with Crippen molar-refractivity contribution in [1.29, 1.82) is 0 Å². The Balaban J connectivity index is 1.62. The molecule has 0 bridgehead atoms. The van der Waals surface area contributed by atoms with E-state index in [0.717, 1.165) is 17.0 Å². The molecule has 4 rings (SSSR count). The zero-order valence-corrected chi connectivity index (χ0v) is 20.6. The molecule has 0 aliphatic heterocycles. The van der Waals surface area contributed by atoms with E-state index in [1.54, 1.807) is 18.5 Å². The number of anilines is 1. The van der Waals surface area contributed by atoms with Gasteiger partial charge in [0.05, 0.1) is 11.8 Å². The first-order chi connectivity index (χ1) is 16.3. The minimum Gasteiger partial charge on any atom is -0.298 e. The number of rotatable bonds is 7. The third-order valence-electron chi connectivity index (χ3n) is 5.36. The number of nitrogens with zero attached hydrogens (tertiary/aromatic N) is 5. The predicted molar refractivity (Wildman–Crippen MR) is 136 cm³/mol. The molecule has 4 aromatic rings. The van der Waals surface area contributed by atoms with Crippen molar-refractivity contribution in [3.63, 3.8) is 0 Å². The lowest BCUT2D eigenvalue weighted by atomic mass is 9.87. The van der Waals surface area contributed by atoms with Crippen molar-refractivity contribution in [3.8, 4) is 11.4 Å². The van der Waals surface area contributed by atoms with Crippen LogP contribution in [0.2, 0.25) is 0 Å². The Kier molecular flexibility index (Phi) is 7.07. The lowest BCUT2D eigenvalue weighted by Crippen LogP contribution is -2.24. The first-order valence-electron chi connectivity index (χ1n) is 11.1. The molecule has 1 N–H and O–H groups in total. The summed E-state index contributed by atoms with van der Waals surface area (Å²) in [6.45, 7) is 9.02. The second-order valence-electron chi connectivity index (χ2n) is 9.03. The van der Waals surface area contributed by atoms with Crippen molar-refractivity contribution in [2.45, 2.75) is 50.1 Å². The van der Waals surface area contributed by atoms with Crippen molar-refractivity contribution >= 4 is 23.6 Å². The Labute approximate surface area is 204 Å². The lowest BCUT2D eigenvalue weighted by molar-refractivity contribution is -0.115. The maximum Gasteiger partial charge on any atom is 0.240 e. The molecule has 1 unspecified atom stereocenters. The Hall–Kier alpha value is -3.52. The number of carbonyl (C=O) groups excluding carboxylic acids is 1. The first-order valence-corrected chi connectivity index (χ1v) is 12.0. The minimum atomic E-state index is -0.418. The van der Waals surface area contributed by atoms with Gasteiger partial charge in [-0.3, -0.25) is 14.7 Å². The molecule has 0 saturated heterocycles. The summed E-state index contributed by atoms with van der Waals surface area (Å²) >= 11 is 1.36. The van der Waals surface area contributed by atoms with Gasteiger partial charge >= 0.3 is 0 Å². The quantitative estimate of drug-likeness (QED) is 0.372. The summed E-state index contributed by atoms with van der Waals surface area (Å²) in [6, 6.07) is 20.3. The van der Waals surface area contributed by atoms with Crippen LogP contribution in [0.25, 0.3) is 11.4 Å². The van der Waals surface area contributed by atoms with E-state index in [0.29, 0.717) is 11.7 Å². The summed E-state index contributed by atoms with van der Waals surface area (Å²) in [7, 11) is 0. The molecule has 2 heterocycles. The summed E-state index contributed by atoms with van der Waals surface area (Å²) < 4.78 is 2.06. The van der Waals surface area contributed by atoms with E-state index >= 15 is 0 Å². The van der Waals surface area contributed by atoms with E-state index in [2.05, 4.69) is 87.2 Å². The van der Waals surface area contributed by atoms with E-state index in [1.165, 1.54) is 17.3 Å². The van der Waals surface area contributed by atoms with Gasteiger partial charge in [-0.2, -0.15) is 0 Å². The van der Waals surface area contributed by atoms with Gasteiger partial charge in [-0.1, -0.05) is 87.1 Å². The Morgan fingerprint density at radius 1 is 0.971 bits per heavy atom. The van der Waals surface area contributed by atoms with Crippen LogP contribution < -0.4 is 5.32 Å². The number of aromatic nitrogens is 5. The number of carbonyl (C=O) groups is 1. The van der Waals surface area contributed by atoms with Crippen LogP contribution in [0.5, 0.6) is 0 Å². The van der Waals surface area contributed by atoms with Crippen molar-refractivity contribution < 1.29 is 4.79 Å². The lowest BCUT2D eigenvalue weighted by Gasteiger charge is -2.19. The molecule has 1 atom stereocenters. The molecule has 7 nitrogen and oxygen atoms in total. The molecule has 0 saturated carbocycles. The fourth-order valence-corrected chi connectivity index (χ4v) is 4.25. The monoisotopic (exact) mass is 472 g/mol. The number of thioether (sulfide) groups is 1. The normalized spacial score (nSPS) is 12.4. The summed E-state index contributed by atoms with van der Waals surface area (Å²) in [4.78, 5) is 20.9. The SMILES string of the molecule is CC(Sc1nnc(-c2ccc(C(C)(C)C)cc2)n1Cc1ccccc1)C(=O)Nc1ncccn1. The molecule has 0 aliphatic rings. The predicted octanol–water partition coefficient (Wildman–Crippen LogP) is 5.20. The van der Waals surface area contributed by atoms with E-state index in [9.17, 15) is 4.79 Å². The van der Waals surface area contributed by atoms with Crippen LogP contribution >= 0.6 is 11.8 Å². The van der Waals surface area contributed by atoms with Gasteiger partial charge in [0.15, 0.2) is 11.0 Å². The smallest absolute Gasteiger partial charge is 0.240 e. The highest BCUT2D eigenvalue weighted by molar-refractivity contribution is 8.00. The van der Waals surface area contributed by atoms with Crippen molar-refractivity contribution in [2.24, 2.45) is 0 Å².